The van der Waals surface area contributed by atoms with Crippen molar-refractivity contribution in [1.82, 2.24) is 20.0 Å². The summed E-state index contributed by atoms with van der Waals surface area (Å²) in [6, 6.07) is 7.42. The molecule has 1 aromatic rings. The summed E-state index contributed by atoms with van der Waals surface area (Å²) in [6.45, 7) is 5.48. The second kappa shape index (κ2) is 7.88. The third-order valence-electron chi connectivity index (χ3n) is 6.28. The summed E-state index contributed by atoms with van der Waals surface area (Å²) < 4.78 is 4.67. The van der Waals surface area contributed by atoms with Crippen molar-refractivity contribution >= 4 is 23.6 Å². The molecule has 9 nitrogen and oxygen atoms in total. The van der Waals surface area contributed by atoms with Crippen molar-refractivity contribution in [3.63, 3.8) is 0 Å². The van der Waals surface area contributed by atoms with Crippen LogP contribution in [0, 0.1) is 5.92 Å². The number of nitrogens with zero attached hydrogens (tertiary/aromatic N) is 4. The summed E-state index contributed by atoms with van der Waals surface area (Å²) in [5, 5.41) is 3.48. The number of carbonyl (C=O) groups is 3. The lowest BCUT2D eigenvalue weighted by Crippen LogP contribution is -2.67. The number of likely N-dealkylation sites (N-methyl/N-ethyl adjacent to an activating group) is 1. The molecule has 3 amide bonds. The Morgan fingerprint density at radius 2 is 1.90 bits per heavy atom. The van der Waals surface area contributed by atoms with Gasteiger partial charge in [-0.25, -0.2) is 4.79 Å². The fourth-order valence-electron chi connectivity index (χ4n) is 4.68. The Morgan fingerprint density at radius 1 is 1.20 bits per heavy atom. The van der Waals surface area contributed by atoms with Crippen LogP contribution in [0.4, 0.5) is 10.5 Å². The molecule has 4 unspecified atom stereocenters. The number of nitrogens with one attached hydrogen (secondary N) is 1. The van der Waals surface area contributed by atoms with Gasteiger partial charge in [-0.2, -0.15) is 0 Å². The van der Waals surface area contributed by atoms with Crippen molar-refractivity contribution in [3.05, 3.63) is 29.8 Å². The Hall–Kier alpha value is -2.65. The number of anilines is 1. The minimum absolute atomic E-state index is 0.207. The number of urea groups is 1. The molecule has 0 bridgehead atoms. The number of hydrogen-bond acceptors (Lipinski definition) is 7. The van der Waals surface area contributed by atoms with Crippen LogP contribution >= 0.6 is 0 Å². The van der Waals surface area contributed by atoms with Crippen LogP contribution in [-0.4, -0.2) is 84.9 Å². The van der Waals surface area contributed by atoms with Crippen molar-refractivity contribution in [2.75, 3.05) is 38.7 Å². The number of imide groups is 1. The lowest BCUT2D eigenvalue weighted by Gasteiger charge is -2.45. The van der Waals surface area contributed by atoms with E-state index in [-0.39, 0.29) is 18.7 Å². The third-order valence-corrected chi connectivity index (χ3v) is 6.28. The maximum Gasteiger partial charge on any atom is 0.328 e. The van der Waals surface area contributed by atoms with Gasteiger partial charge < -0.3 is 14.5 Å². The summed E-state index contributed by atoms with van der Waals surface area (Å²) in [5.74, 6) is -0.646. The Labute approximate surface area is 176 Å². The number of benzene rings is 1. The van der Waals surface area contributed by atoms with Crippen LogP contribution in [-0.2, 0) is 20.7 Å². The predicted octanol–water partition coefficient (Wildman–Crippen LogP) is 0.656. The van der Waals surface area contributed by atoms with Crippen LogP contribution in [0.25, 0.3) is 0 Å². The molecule has 0 saturated carbocycles. The second-order valence-corrected chi connectivity index (χ2v) is 8.30. The van der Waals surface area contributed by atoms with E-state index in [9.17, 15) is 14.4 Å². The molecule has 30 heavy (non-hydrogen) atoms. The molecular weight excluding hydrogens is 386 g/mol. The highest BCUT2D eigenvalue weighted by Crippen LogP contribution is 2.34. The van der Waals surface area contributed by atoms with Crippen molar-refractivity contribution in [3.8, 4) is 0 Å². The SMILES string of the molecule is CCc1ccc(N2CC(C)CN3C4C(=O)N(CC(=O)OC)C(=O)N(C)C4NC23)cc1. The number of esters is 1. The van der Waals surface area contributed by atoms with Crippen LogP contribution < -0.4 is 10.2 Å². The normalized spacial score (nSPS) is 29.1. The van der Waals surface area contributed by atoms with Gasteiger partial charge in [-0.15, -0.1) is 0 Å². The van der Waals surface area contributed by atoms with E-state index in [0.29, 0.717) is 5.92 Å². The van der Waals surface area contributed by atoms with E-state index < -0.39 is 24.2 Å². The lowest BCUT2D eigenvalue weighted by molar-refractivity contribution is -0.149. The number of amides is 3. The van der Waals surface area contributed by atoms with E-state index in [1.807, 2.05) is 0 Å². The Morgan fingerprint density at radius 3 is 2.53 bits per heavy atom. The molecule has 9 heteroatoms. The number of hydrogen-bond donors (Lipinski definition) is 1. The highest BCUT2D eigenvalue weighted by molar-refractivity contribution is 6.02. The third kappa shape index (κ3) is 3.31. The first-order valence-electron chi connectivity index (χ1n) is 10.4. The molecule has 1 N–H and O–H groups in total. The highest BCUT2D eigenvalue weighted by atomic mass is 16.5. The average Bonchev–Trinajstić information content (AvgIpc) is 3.14. The summed E-state index contributed by atoms with van der Waals surface area (Å²) >= 11 is 0. The molecule has 4 rings (SSSR count). The van der Waals surface area contributed by atoms with E-state index in [1.54, 1.807) is 7.05 Å². The largest absolute Gasteiger partial charge is 0.468 e. The molecule has 0 radical (unpaired) electrons. The monoisotopic (exact) mass is 415 g/mol. The topological polar surface area (TPSA) is 85.4 Å². The van der Waals surface area contributed by atoms with E-state index >= 15 is 0 Å². The standard InChI is InChI=1S/C21H29N5O4/c1-5-14-6-8-15(9-7-14)24-10-13(2)11-25-17-18(22-20(24)25)23(3)21(29)26(19(17)28)12-16(27)30-4/h6-9,13,17-18,20,22H,5,10-12H2,1-4H3. The summed E-state index contributed by atoms with van der Waals surface area (Å²) in [5.41, 5.74) is 2.35. The van der Waals surface area contributed by atoms with Gasteiger partial charge in [-0.05, 0) is 30.0 Å². The zero-order valence-corrected chi connectivity index (χ0v) is 17.9. The highest BCUT2D eigenvalue weighted by Gasteiger charge is 2.57. The fraction of sp³-hybridized carbons (Fsp3) is 0.571. The van der Waals surface area contributed by atoms with Gasteiger partial charge in [-0.1, -0.05) is 26.0 Å². The molecule has 3 aliphatic heterocycles. The molecule has 3 heterocycles. The molecular formula is C21H29N5O4. The van der Waals surface area contributed by atoms with E-state index in [1.165, 1.54) is 17.6 Å². The molecule has 0 aromatic heterocycles. The molecule has 4 atom stereocenters. The predicted molar refractivity (Wildman–Crippen MR) is 110 cm³/mol. The Balaban J connectivity index is 1.64. The summed E-state index contributed by atoms with van der Waals surface area (Å²) in [6.07, 6.45) is 0.319. The summed E-state index contributed by atoms with van der Waals surface area (Å²) in [7, 11) is 2.90. The quantitative estimate of drug-likeness (QED) is 0.723. The smallest absolute Gasteiger partial charge is 0.328 e. The molecule has 3 saturated heterocycles. The van der Waals surface area contributed by atoms with Crippen molar-refractivity contribution in [1.29, 1.82) is 0 Å². The lowest BCUT2D eigenvalue weighted by atomic mass is 10.0. The maximum absolute atomic E-state index is 13.3. The van der Waals surface area contributed by atoms with Gasteiger partial charge in [-0.3, -0.25) is 24.7 Å². The molecule has 0 spiro atoms. The zero-order valence-electron chi connectivity index (χ0n) is 17.9. The van der Waals surface area contributed by atoms with Gasteiger partial charge >= 0.3 is 12.0 Å². The van der Waals surface area contributed by atoms with Crippen LogP contribution in [0.15, 0.2) is 24.3 Å². The molecule has 3 fully saturated rings. The van der Waals surface area contributed by atoms with Gasteiger partial charge in [0, 0.05) is 25.8 Å². The van der Waals surface area contributed by atoms with Gasteiger partial charge in [0.05, 0.1) is 7.11 Å². The maximum atomic E-state index is 13.3. The van der Waals surface area contributed by atoms with Gasteiger partial charge in [0.2, 0.25) is 0 Å². The van der Waals surface area contributed by atoms with Crippen LogP contribution in [0.3, 0.4) is 0 Å². The van der Waals surface area contributed by atoms with Crippen LogP contribution in [0.1, 0.15) is 19.4 Å². The van der Waals surface area contributed by atoms with Crippen LogP contribution in [0.2, 0.25) is 0 Å². The van der Waals surface area contributed by atoms with Crippen molar-refractivity contribution < 1.29 is 19.1 Å². The number of fused-ring (bicyclic) bond motifs is 3. The number of ether oxygens (including phenoxy) is 1. The fourth-order valence-corrected chi connectivity index (χ4v) is 4.68. The Kier molecular flexibility index (Phi) is 5.42. The Bertz CT molecular complexity index is 844. The minimum Gasteiger partial charge on any atom is -0.468 e. The first-order chi connectivity index (χ1) is 14.3. The van der Waals surface area contributed by atoms with E-state index in [4.69, 9.17) is 0 Å². The first kappa shape index (κ1) is 20.6. The first-order valence-corrected chi connectivity index (χ1v) is 10.4. The number of carbonyl (C=O) groups excluding carboxylic acids is 3. The van der Waals surface area contributed by atoms with Gasteiger partial charge in [0.25, 0.3) is 5.91 Å². The van der Waals surface area contributed by atoms with Gasteiger partial charge in [0.15, 0.2) is 0 Å². The summed E-state index contributed by atoms with van der Waals surface area (Å²) in [4.78, 5) is 44.7. The molecule has 162 valence electrons. The van der Waals surface area contributed by atoms with Crippen molar-refractivity contribution in [2.24, 2.45) is 5.92 Å². The number of rotatable bonds is 4. The zero-order chi connectivity index (χ0) is 21.6. The van der Waals surface area contributed by atoms with E-state index in [2.05, 4.69) is 58.0 Å². The minimum atomic E-state index is -0.615. The van der Waals surface area contributed by atoms with E-state index in [0.717, 1.165) is 30.1 Å². The van der Waals surface area contributed by atoms with Crippen LogP contribution in [0.5, 0.6) is 0 Å². The molecule has 1 aromatic carbocycles. The second-order valence-electron chi connectivity index (χ2n) is 8.30. The van der Waals surface area contributed by atoms with Gasteiger partial charge in [0.1, 0.15) is 25.0 Å². The number of aryl methyl sites for hydroxylation is 1. The van der Waals surface area contributed by atoms with Crippen molar-refractivity contribution in [2.45, 2.75) is 38.8 Å². The molecule has 0 aliphatic carbocycles. The molecule has 3 aliphatic rings. The number of methoxy groups -OCH3 is 1. The average molecular weight is 415 g/mol.